The molecule has 1 unspecified atom stereocenters. The molecular weight excluding hydrogens is 524 g/mol. The fraction of sp³-hybridized carbons (Fsp3) is 0.357. The Balaban J connectivity index is 1.62. The molecule has 0 spiro atoms. The zero-order chi connectivity index (χ0) is 27.2. The maximum Gasteiger partial charge on any atom is 0.243 e. The Morgan fingerprint density at radius 3 is 2.29 bits per heavy atom. The molecule has 2 N–H and O–H groups in total. The molecule has 2 aromatic carbocycles. The number of carbonyl (C=O) groups excluding carboxylic acids is 1. The van der Waals surface area contributed by atoms with Crippen molar-refractivity contribution in [2.75, 3.05) is 31.2 Å². The van der Waals surface area contributed by atoms with Crippen LogP contribution in [0.4, 0.5) is 5.69 Å². The van der Waals surface area contributed by atoms with Gasteiger partial charge in [0.05, 0.1) is 35.7 Å². The Bertz CT molecular complexity index is 1480. The van der Waals surface area contributed by atoms with Crippen LogP contribution in [-0.4, -0.2) is 44.8 Å². The number of nitrogens with two attached hydrogens (primary N) is 1. The van der Waals surface area contributed by atoms with Crippen LogP contribution in [0.15, 0.2) is 76.1 Å². The van der Waals surface area contributed by atoms with Crippen molar-refractivity contribution < 1.29 is 17.9 Å². The molecule has 8 nitrogen and oxygen atoms in total. The number of ether oxygens (including phenoxy) is 1. The van der Waals surface area contributed by atoms with Gasteiger partial charge in [0.1, 0.15) is 5.82 Å². The van der Waals surface area contributed by atoms with Gasteiger partial charge >= 0.3 is 0 Å². The third-order valence-corrected chi connectivity index (χ3v) is 9.45. The normalized spacial score (nSPS) is 22.3. The van der Waals surface area contributed by atoms with Crippen LogP contribution in [0, 0.1) is 16.7 Å². The number of sulfonamides is 1. The van der Waals surface area contributed by atoms with E-state index in [9.17, 15) is 18.5 Å². The van der Waals surface area contributed by atoms with E-state index in [1.807, 2.05) is 26.0 Å². The van der Waals surface area contributed by atoms with E-state index < -0.39 is 15.9 Å². The zero-order valence-corrected chi connectivity index (χ0v) is 22.8. The maximum atomic E-state index is 13.6. The number of morpholine rings is 1. The second-order valence-electron chi connectivity index (χ2n) is 10.5. The van der Waals surface area contributed by atoms with E-state index in [0.717, 1.165) is 11.3 Å². The van der Waals surface area contributed by atoms with Crippen molar-refractivity contribution in [2.24, 2.45) is 11.1 Å². The molecule has 2 heterocycles. The summed E-state index contributed by atoms with van der Waals surface area (Å²) in [5, 5.41) is 10.8. The van der Waals surface area contributed by atoms with Gasteiger partial charge in [-0.1, -0.05) is 37.6 Å². The van der Waals surface area contributed by atoms with E-state index in [2.05, 4.69) is 6.07 Å². The number of benzene rings is 2. The Morgan fingerprint density at radius 2 is 1.68 bits per heavy atom. The van der Waals surface area contributed by atoms with Crippen molar-refractivity contribution >= 4 is 33.1 Å². The van der Waals surface area contributed by atoms with Crippen LogP contribution < -0.4 is 10.6 Å². The molecule has 198 valence electrons. The van der Waals surface area contributed by atoms with Crippen LogP contribution >= 0.6 is 11.6 Å². The Labute approximate surface area is 228 Å². The maximum absolute atomic E-state index is 13.6. The first-order valence-corrected chi connectivity index (χ1v) is 14.2. The number of carbonyl (C=O) groups is 1. The molecular formula is C28H29ClN4O4S. The lowest BCUT2D eigenvalue weighted by molar-refractivity contribution is -0.118. The topological polar surface area (TPSA) is 117 Å². The molecule has 0 saturated carbocycles. The van der Waals surface area contributed by atoms with Gasteiger partial charge in [-0.15, -0.1) is 0 Å². The molecule has 2 aliphatic heterocycles. The standard InChI is InChI=1S/C28H29ClN4O4S/c1-28(2)15-23-26(24(34)16-28)25(18-3-5-19(29)6-4-18)22(17-30)27(31)33(23)20-7-9-21(10-8-20)38(35,36)32-11-13-37-14-12-32/h3-10,25H,11-16,31H2,1-2H3. The molecule has 0 aromatic heterocycles. The van der Waals surface area contributed by atoms with Crippen molar-refractivity contribution in [1.29, 1.82) is 5.26 Å². The van der Waals surface area contributed by atoms with Gasteiger partial charge in [0, 0.05) is 41.5 Å². The summed E-state index contributed by atoms with van der Waals surface area (Å²) in [6.45, 7) is 5.38. The number of rotatable bonds is 4. The predicted octanol–water partition coefficient (Wildman–Crippen LogP) is 4.30. The average molecular weight is 553 g/mol. The van der Waals surface area contributed by atoms with Crippen LogP contribution in [-0.2, 0) is 19.6 Å². The second-order valence-corrected chi connectivity index (χ2v) is 12.9. The highest BCUT2D eigenvalue weighted by Gasteiger charge is 2.44. The Kier molecular flexibility index (Phi) is 6.86. The highest BCUT2D eigenvalue weighted by atomic mass is 35.5. The van der Waals surface area contributed by atoms with Gasteiger partial charge in [-0.3, -0.25) is 9.69 Å². The minimum absolute atomic E-state index is 0.0343. The summed E-state index contributed by atoms with van der Waals surface area (Å²) in [5.41, 5.74) is 9.25. The third-order valence-electron chi connectivity index (χ3n) is 7.29. The number of hydrogen-bond acceptors (Lipinski definition) is 7. The van der Waals surface area contributed by atoms with Crippen molar-refractivity contribution in [3.63, 3.8) is 0 Å². The summed E-state index contributed by atoms with van der Waals surface area (Å²) < 4.78 is 33.0. The zero-order valence-electron chi connectivity index (χ0n) is 21.3. The summed E-state index contributed by atoms with van der Waals surface area (Å²) in [6, 6.07) is 15.8. The van der Waals surface area contributed by atoms with E-state index >= 15 is 0 Å². The first-order chi connectivity index (χ1) is 18.0. The van der Waals surface area contributed by atoms with Crippen molar-refractivity contribution in [1.82, 2.24) is 4.31 Å². The monoisotopic (exact) mass is 552 g/mol. The summed E-state index contributed by atoms with van der Waals surface area (Å²) in [5.74, 6) is -0.415. The number of nitrogens with zero attached hydrogens (tertiary/aromatic N) is 3. The van der Waals surface area contributed by atoms with Crippen LogP contribution in [0.2, 0.25) is 5.02 Å². The fourth-order valence-corrected chi connectivity index (χ4v) is 7.03. The molecule has 2 aromatic rings. The van der Waals surface area contributed by atoms with Gasteiger partial charge in [0.25, 0.3) is 0 Å². The first kappa shape index (κ1) is 26.4. The number of hydrogen-bond donors (Lipinski definition) is 1. The van der Waals surface area contributed by atoms with Crippen LogP contribution in [0.3, 0.4) is 0 Å². The summed E-state index contributed by atoms with van der Waals surface area (Å²) in [7, 11) is -3.68. The van der Waals surface area contributed by atoms with Crippen molar-refractivity contribution in [3.8, 4) is 6.07 Å². The summed E-state index contributed by atoms with van der Waals surface area (Å²) >= 11 is 6.11. The number of nitriles is 1. The van der Waals surface area contributed by atoms with Crippen LogP contribution in [0.1, 0.15) is 38.2 Å². The van der Waals surface area contributed by atoms with Gasteiger partial charge in [-0.2, -0.15) is 9.57 Å². The highest BCUT2D eigenvalue weighted by Crippen LogP contribution is 2.50. The Morgan fingerprint density at radius 1 is 1.05 bits per heavy atom. The largest absolute Gasteiger partial charge is 0.384 e. The van der Waals surface area contributed by atoms with E-state index in [0.29, 0.717) is 55.4 Å². The molecule has 0 radical (unpaired) electrons. The number of allylic oxidation sites excluding steroid dienone is 3. The highest BCUT2D eigenvalue weighted by molar-refractivity contribution is 7.89. The molecule has 0 amide bonds. The third kappa shape index (κ3) is 4.63. The lowest BCUT2D eigenvalue weighted by atomic mass is 9.68. The molecule has 10 heteroatoms. The minimum Gasteiger partial charge on any atom is -0.384 e. The molecule has 1 fully saturated rings. The van der Waals surface area contributed by atoms with Crippen LogP contribution in [0.5, 0.6) is 0 Å². The van der Waals surface area contributed by atoms with Gasteiger partial charge in [0.2, 0.25) is 10.0 Å². The average Bonchev–Trinajstić information content (AvgIpc) is 2.88. The number of anilines is 1. The fourth-order valence-electron chi connectivity index (χ4n) is 5.50. The van der Waals surface area contributed by atoms with Gasteiger partial charge in [-0.25, -0.2) is 8.42 Å². The Hall–Kier alpha value is -3.16. The van der Waals surface area contributed by atoms with Gasteiger partial charge in [-0.05, 0) is 53.8 Å². The molecule has 0 bridgehead atoms. The van der Waals surface area contributed by atoms with E-state index in [-0.39, 0.29) is 27.5 Å². The van der Waals surface area contributed by atoms with E-state index in [4.69, 9.17) is 22.1 Å². The van der Waals surface area contributed by atoms with E-state index in [1.165, 1.54) is 4.31 Å². The molecule has 3 aliphatic rings. The lowest BCUT2D eigenvalue weighted by Gasteiger charge is -2.43. The second kappa shape index (κ2) is 9.86. The molecule has 1 saturated heterocycles. The van der Waals surface area contributed by atoms with Crippen molar-refractivity contribution in [2.45, 2.75) is 37.5 Å². The molecule has 5 rings (SSSR count). The first-order valence-electron chi connectivity index (χ1n) is 12.4. The minimum atomic E-state index is -3.68. The smallest absolute Gasteiger partial charge is 0.243 e. The van der Waals surface area contributed by atoms with Crippen LogP contribution in [0.25, 0.3) is 0 Å². The predicted molar refractivity (Wildman–Crippen MR) is 145 cm³/mol. The number of Topliss-reactive ketones (excluding diaryl/α,β-unsaturated/α-hetero) is 1. The SMILES string of the molecule is CC1(C)CC(=O)C2=C(C1)N(c1ccc(S(=O)(=O)N3CCOCC3)cc1)C(N)=C(C#N)C2c1ccc(Cl)cc1. The summed E-state index contributed by atoms with van der Waals surface area (Å²) in [6.07, 6.45) is 0.907. The number of halogens is 1. The quantitative estimate of drug-likeness (QED) is 0.601. The molecule has 38 heavy (non-hydrogen) atoms. The lowest BCUT2D eigenvalue weighted by Crippen LogP contribution is -2.42. The van der Waals surface area contributed by atoms with Crippen molar-refractivity contribution in [3.05, 3.63) is 81.8 Å². The summed E-state index contributed by atoms with van der Waals surface area (Å²) in [4.78, 5) is 15.5. The number of ketones is 1. The molecule has 1 aliphatic carbocycles. The molecule has 1 atom stereocenters. The van der Waals surface area contributed by atoms with E-state index in [1.54, 1.807) is 41.3 Å². The van der Waals surface area contributed by atoms with Gasteiger partial charge in [0.15, 0.2) is 5.78 Å². The van der Waals surface area contributed by atoms with Gasteiger partial charge < -0.3 is 10.5 Å².